The van der Waals surface area contributed by atoms with E-state index < -0.39 is 5.91 Å². The third-order valence-electron chi connectivity index (χ3n) is 2.10. The Morgan fingerprint density at radius 3 is 2.72 bits per heavy atom. The zero-order chi connectivity index (χ0) is 13.7. The number of primary amides is 1. The molecule has 0 fully saturated rings. The van der Waals surface area contributed by atoms with Crippen LogP contribution in [-0.4, -0.2) is 29.9 Å². The highest BCUT2D eigenvalue weighted by atomic mass is 16.5. The third-order valence-corrected chi connectivity index (χ3v) is 2.10. The van der Waals surface area contributed by atoms with Crippen LogP contribution in [0.2, 0.25) is 0 Å². The molecule has 7 heteroatoms. The Bertz CT molecular complexity index is 460. The molecule has 98 valence electrons. The molecule has 0 radical (unpaired) electrons. The van der Waals surface area contributed by atoms with E-state index in [4.69, 9.17) is 16.2 Å². The average molecular weight is 252 g/mol. The normalized spacial score (nSPS) is 11.7. The summed E-state index contributed by atoms with van der Waals surface area (Å²) < 4.78 is 4.89. The highest BCUT2D eigenvalue weighted by Gasteiger charge is 2.13. The first-order chi connectivity index (χ1) is 8.43. The number of pyridine rings is 1. The van der Waals surface area contributed by atoms with Gasteiger partial charge in [0.2, 0.25) is 11.8 Å². The van der Waals surface area contributed by atoms with Crippen molar-refractivity contribution < 1.29 is 14.3 Å². The zero-order valence-corrected chi connectivity index (χ0v) is 10.3. The monoisotopic (exact) mass is 252 g/mol. The molecule has 1 rings (SSSR count). The minimum Gasteiger partial charge on any atom is -0.480 e. The lowest BCUT2D eigenvalue weighted by atomic mass is 10.2. The Kier molecular flexibility index (Phi) is 4.61. The molecule has 2 amide bonds. The Balaban J connectivity index is 2.88. The number of anilines is 1. The standard InChI is InChI=1S/C11H16N4O3/c1-6(12)3-9(16)15-7-4-8(10(13)17)11(18-2)14-5-7/h4-6H,3,12H2,1-2H3,(H2,13,17)(H,15,16). The second-order valence-corrected chi connectivity index (χ2v) is 3.87. The van der Waals surface area contributed by atoms with E-state index in [-0.39, 0.29) is 29.8 Å². The molecule has 0 saturated carbocycles. The summed E-state index contributed by atoms with van der Waals surface area (Å²) in [5.74, 6) is -0.817. The van der Waals surface area contributed by atoms with Crippen LogP contribution in [-0.2, 0) is 4.79 Å². The van der Waals surface area contributed by atoms with Crippen molar-refractivity contribution in [1.29, 1.82) is 0 Å². The summed E-state index contributed by atoms with van der Waals surface area (Å²) in [4.78, 5) is 26.5. The van der Waals surface area contributed by atoms with Crippen LogP contribution in [0.3, 0.4) is 0 Å². The Morgan fingerprint density at radius 1 is 1.56 bits per heavy atom. The zero-order valence-electron chi connectivity index (χ0n) is 10.3. The number of aromatic nitrogens is 1. The summed E-state index contributed by atoms with van der Waals surface area (Å²) in [6, 6.07) is 1.17. The molecule has 1 aromatic heterocycles. The number of nitrogens with zero attached hydrogens (tertiary/aromatic N) is 1. The first-order valence-corrected chi connectivity index (χ1v) is 5.33. The topological polar surface area (TPSA) is 120 Å². The Hall–Kier alpha value is -2.15. The highest BCUT2D eigenvalue weighted by molar-refractivity contribution is 5.97. The van der Waals surface area contributed by atoms with E-state index in [2.05, 4.69) is 10.3 Å². The smallest absolute Gasteiger partial charge is 0.254 e. The van der Waals surface area contributed by atoms with Crippen LogP contribution in [0.25, 0.3) is 0 Å². The number of nitrogens with two attached hydrogens (primary N) is 2. The van der Waals surface area contributed by atoms with Gasteiger partial charge in [0, 0.05) is 12.5 Å². The van der Waals surface area contributed by atoms with E-state index in [0.717, 1.165) is 0 Å². The van der Waals surface area contributed by atoms with Crippen molar-refractivity contribution in [3.8, 4) is 5.88 Å². The number of hydrogen-bond acceptors (Lipinski definition) is 5. The lowest BCUT2D eigenvalue weighted by Crippen LogP contribution is -2.24. The minimum atomic E-state index is -0.678. The van der Waals surface area contributed by atoms with Crippen molar-refractivity contribution >= 4 is 17.5 Å². The van der Waals surface area contributed by atoms with Crippen LogP contribution < -0.4 is 21.5 Å². The van der Waals surface area contributed by atoms with Gasteiger partial charge in [-0.05, 0) is 13.0 Å². The van der Waals surface area contributed by atoms with E-state index in [1.165, 1.54) is 19.4 Å². The van der Waals surface area contributed by atoms with Crippen LogP contribution in [0.5, 0.6) is 5.88 Å². The van der Waals surface area contributed by atoms with Gasteiger partial charge in [-0.3, -0.25) is 9.59 Å². The van der Waals surface area contributed by atoms with Gasteiger partial charge in [-0.25, -0.2) is 4.98 Å². The molecule has 0 aliphatic heterocycles. The quantitative estimate of drug-likeness (QED) is 0.673. The van der Waals surface area contributed by atoms with Crippen molar-refractivity contribution in [2.45, 2.75) is 19.4 Å². The Morgan fingerprint density at radius 2 is 2.22 bits per heavy atom. The number of ether oxygens (including phenoxy) is 1. The van der Waals surface area contributed by atoms with Gasteiger partial charge in [-0.2, -0.15) is 0 Å². The lowest BCUT2D eigenvalue weighted by molar-refractivity contribution is -0.116. The van der Waals surface area contributed by atoms with Crippen LogP contribution in [0.4, 0.5) is 5.69 Å². The maximum absolute atomic E-state index is 11.5. The molecule has 18 heavy (non-hydrogen) atoms. The first kappa shape index (κ1) is 13.9. The van der Waals surface area contributed by atoms with Crippen molar-refractivity contribution in [2.24, 2.45) is 11.5 Å². The van der Waals surface area contributed by atoms with Crippen LogP contribution in [0.15, 0.2) is 12.3 Å². The molecular formula is C11H16N4O3. The molecule has 0 aromatic carbocycles. The van der Waals surface area contributed by atoms with E-state index in [1.54, 1.807) is 6.92 Å². The SMILES string of the molecule is COc1ncc(NC(=O)CC(C)N)cc1C(N)=O. The van der Waals surface area contributed by atoms with Crippen LogP contribution in [0, 0.1) is 0 Å². The van der Waals surface area contributed by atoms with Gasteiger partial charge >= 0.3 is 0 Å². The fourth-order valence-electron chi connectivity index (χ4n) is 1.36. The predicted molar refractivity (Wildman–Crippen MR) is 66.2 cm³/mol. The molecule has 1 unspecified atom stereocenters. The molecular weight excluding hydrogens is 236 g/mol. The van der Waals surface area contributed by atoms with Gasteiger partial charge in [-0.1, -0.05) is 0 Å². The van der Waals surface area contributed by atoms with Gasteiger partial charge in [0.05, 0.1) is 19.0 Å². The lowest BCUT2D eigenvalue weighted by Gasteiger charge is -2.09. The molecule has 0 aliphatic carbocycles. The number of hydrogen-bond donors (Lipinski definition) is 3. The van der Waals surface area contributed by atoms with Gasteiger partial charge in [0.1, 0.15) is 5.56 Å². The van der Waals surface area contributed by atoms with Gasteiger partial charge in [0.25, 0.3) is 5.91 Å². The number of methoxy groups -OCH3 is 1. The molecule has 0 bridgehead atoms. The summed E-state index contributed by atoms with van der Waals surface area (Å²) in [5, 5.41) is 2.58. The summed E-state index contributed by atoms with van der Waals surface area (Å²) in [6.07, 6.45) is 1.56. The third kappa shape index (κ3) is 3.70. The number of carbonyl (C=O) groups excluding carboxylic acids is 2. The molecule has 1 aromatic rings. The second kappa shape index (κ2) is 5.97. The largest absolute Gasteiger partial charge is 0.480 e. The number of amides is 2. The Labute approximate surface area is 105 Å². The van der Waals surface area contributed by atoms with Crippen LogP contribution in [0.1, 0.15) is 23.7 Å². The maximum Gasteiger partial charge on any atom is 0.254 e. The van der Waals surface area contributed by atoms with Gasteiger partial charge in [0.15, 0.2) is 0 Å². The van der Waals surface area contributed by atoms with Crippen molar-refractivity contribution in [3.63, 3.8) is 0 Å². The fraction of sp³-hybridized carbons (Fsp3) is 0.364. The summed E-state index contributed by atoms with van der Waals surface area (Å²) in [5.41, 5.74) is 11.2. The number of rotatable bonds is 5. The number of carbonyl (C=O) groups is 2. The van der Waals surface area contributed by atoms with Crippen molar-refractivity contribution in [1.82, 2.24) is 4.98 Å². The molecule has 1 atom stereocenters. The fourth-order valence-corrected chi connectivity index (χ4v) is 1.36. The number of nitrogens with one attached hydrogen (secondary N) is 1. The highest BCUT2D eigenvalue weighted by Crippen LogP contribution is 2.18. The average Bonchev–Trinajstić information content (AvgIpc) is 2.27. The first-order valence-electron chi connectivity index (χ1n) is 5.33. The molecule has 7 nitrogen and oxygen atoms in total. The summed E-state index contributed by atoms with van der Waals surface area (Å²) in [7, 11) is 1.38. The van der Waals surface area contributed by atoms with E-state index in [0.29, 0.717) is 5.69 Å². The van der Waals surface area contributed by atoms with E-state index in [1.807, 2.05) is 0 Å². The summed E-state index contributed by atoms with van der Waals surface area (Å²) >= 11 is 0. The molecule has 5 N–H and O–H groups in total. The molecule has 0 saturated heterocycles. The van der Waals surface area contributed by atoms with Gasteiger partial charge in [-0.15, -0.1) is 0 Å². The summed E-state index contributed by atoms with van der Waals surface area (Å²) in [6.45, 7) is 1.72. The molecule has 0 aliphatic rings. The maximum atomic E-state index is 11.5. The minimum absolute atomic E-state index is 0.107. The van der Waals surface area contributed by atoms with E-state index >= 15 is 0 Å². The molecule has 1 heterocycles. The molecule has 0 spiro atoms. The van der Waals surface area contributed by atoms with Crippen LogP contribution >= 0.6 is 0 Å². The van der Waals surface area contributed by atoms with Gasteiger partial charge < -0.3 is 21.5 Å². The van der Waals surface area contributed by atoms with E-state index in [9.17, 15) is 9.59 Å². The van der Waals surface area contributed by atoms with Crippen molar-refractivity contribution in [3.05, 3.63) is 17.8 Å². The van der Waals surface area contributed by atoms with Crippen molar-refractivity contribution in [2.75, 3.05) is 12.4 Å². The second-order valence-electron chi connectivity index (χ2n) is 3.87. The predicted octanol–water partition coefficient (Wildman–Crippen LogP) is -0.135.